The van der Waals surface area contributed by atoms with Gasteiger partial charge in [0.25, 0.3) is 11.8 Å². The van der Waals surface area contributed by atoms with Gasteiger partial charge in [0.2, 0.25) is 0 Å². The second kappa shape index (κ2) is 5.30. The zero-order chi connectivity index (χ0) is 11.6. The van der Waals surface area contributed by atoms with Crippen LogP contribution in [0.5, 0.6) is 0 Å². The Morgan fingerprint density at radius 1 is 1.31 bits per heavy atom. The first-order valence-electron chi connectivity index (χ1n) is 4.90. The van der Waals surface area contributed by atoms with Gasteiger partial charge >= 0.3 is 0 Å². The Morgan fingerprint density at radius 3 is 2.12 bits per heavy atom. The van der Waals surface area contributed by atoms with E-state index in [1.807, 2.05) is 0 Å². The van der Waals surface area contributed by atoms with E-state index in [2.05, 4.69) is 0 Å². The van der Waals surface area contributed by atoms with Crippen LogP contribution >= 0.6 is 13.5 Å². The van der Waals surface area contributed by atoms with Gasteiger partial charge in [-0.05, 0) is 20.3 Å². The maximum absolute atomic E-state index is 11.4. The molecule has 1 aliphatic rings. The van der Waals surface area contributed by atoms with Crippen molar-refractivity contribution in [3.8, 4) is 0 Å². The second-order valence-corrected chi connectivity index (χ2v) is 4.48. The van der Waals surface area contributed by atoms with Gasteiger partial charge in [0, 0.05) is 23.6 Å². The average Bonchev–Trinajstić information content (AvgIpc) is 2.45. The van der Waals surface area contributed by atoms with Gasteiger partial charge < -0.3 is 4.79 Å². The Balaban J connectivity index is 0.00000225. The predicted octanol–water partition coefficient (Wildman–Crippen LogP) is 1.03. The van der Waals surface area contributed by atoms with Crippen LogP contribution in [0, 0.1) is 5.92 Å². The third-order valence-electron chi connectivity index (χ3n) is 2.47. The molecule has 0 spiro atoms. The molecule has 5 heteroatoms. The fraction of sp³-hybridized carbons (Fsp3) is 0.545. The third kappa shape index (κ3) is 2.95. The summed E-state index contributed by atoms with van der Waals surface area (Å²) in [4.78, 5) is 34.6. The Morgan fingerprint density at radius 2 is 1.75 bits per heavy atom. The van der Waals surface area contributed by atoms with E-state index in [-0.39, 0.29) is 31.2 Å². The number of carbonyl (C=O) groups excluding carboxylic acids is 3. The molecule has 1 unspecified atom stereocenters. The normalized spacial score (nSPS) is 17.3. The Hall–Kier alpha value is -1.10. The summed E-state index contributed by atoms with van der Waals surface area (Å²) in [6.07, 6.45) is 3.83. The van der Waals surface area contributed by atoms with E-state index in [0.29, 0.717) is 6.42 Å². The molecule has 1 rings (SSSR count). The highest BCUT2D eigenvalue weighted by atomic mass is 32.1. The predicted molar refractivity (Wildman–Crippen MR) is 65.3 cm³/mol. The summed E-state index contributed by atoms with van der Waals surface area (Å²) < 4.78 is 0. The summed E-state index contributed by atoms with van der Waals surface area (Å²) in [6, 6.07) is 0. The molecule has 1 heterocycles. The van der Waals surface area contributed by atoms with E-state index in [9.17, 15) is 14.4 Å². The largest absolute Gasteiger partial charge is 0.303 e. The van der Waals surface area contributed by atoms with Crippen LogP contribution in [0.15, 0.2) is 12.2 Å². The molecule has 16 heavy (non-hydrogen) atoms. The van der Waals surface area contributed by atoms with Crippen molar-refractivity contribution in [1.82, 2.24) is 4.90 Å². The highest BCUT2D eigenvalue weighted by Gasteiger charge is 2.37. The standard InChI is InChI=1S/C11H15NO3.H2S/c1-8(7-13)6-11(2,3)12-9(14)4-5-10(12)15;/h4-5,7-8H,6H2,1-3H3;1H2. The quantitative estimate of drug-likeness (QED) is 0.547. The lowest BCUT2D eigenvalue weighted by Gasteiger charge is -2.34. The Kier molecular flexibility index (Phi) is 4.93. The number of imide groups is 1. The van der Waals surface area contributed by atoms with E-state index in [4.69, 9.17) is 0 Å². The molecular weight excluding hydrogens is 226 g/mol. The van der Waals surface area contributed by atoms with Gasteiger partial charge in [0.05, 0.1) is 0 Å². The minimum atomic E-state index is -0.613. The molecule has 1 aliphatic heterocycles. The summed E-state index contributed by atoms with van der Waals surface area (Å²) in [7, 11) is 0. The van der Waals surface area contributed by atoms with Crippen LogP contribution in [0.3, 0.4) is 0 Å². The highest BCUT2D eigenvalue weighted by Crippen LogP contribution is 2.25. The van der Waals surface area contributed by atoms with Crippen molar-refractivity contribution >= 4 is 31.6 Å². The molecule has 0 saturated heterocycles. The number of amides is 2. The molecule has 1 atom stereocenters. The molecule has 0 aliphatic carbocycles. The molecule has 0 aromatic rings. The van der Waals surface area contributed by atoms with Gasteiger partial charge in [-0.3, -0.25) is 14.5 Å². The molecule has 4 nitrogen and oxygen atoms in total. The van der Waals surface area contributed by atoms with Crippen LogP contribution in [-0.2, 0) is 14.4 Å². The van der Waals surface area contributed by atoms with Crippen molar-refractivity contribution < 1.29 is 14.4 Å². The SMILES string of the molecule is CC(C=O)CC(C)(C)N1C(=O)C=CC1=O.S. The zero-order valence-corrected chi connectivity index (χ0v) is 10.7. The minimum Gasteiger partial charge on any atom is -0.303 e. The van der Waals surface area contributed by atoms with Gasteiger partial charge in [-0.25, -0.2) is 0 Å². The van der Waals surface area contributed by atoms with Gasteiger partial charge in [0.1, 0.15) is 6.29 Å². The molecule has 0 aromatic heterocycles. The Labute approximate surface area is 102 Å². The van der Waals surface area contributed by atoms with Gasteiger partial charge in [-0.15, -0.1) is 0 Å². The molecule has 0 fully saturated rings. The molecule has 90 valence electrons. The molecule has 0 aromatic carbocycles. The number of rotatable bonds is 4. The summed E-state index contributed by atoms with van der Waals surface area (Å²) in [6.45, 7) is 5.35. The monoisotopic (exact) mass is 243 g/mol. The Bertz CT molecular complexity index is 318. The van der Waals surface area contributed by atoms with Crippen molar-refractivity contribution in [2.75, 3.05) is 0 Å². The van der Waals surface area contributed by atoms with Crippen molar-refractivity contribution in [2.45, 2.75) is 32.7 Å². The summed E-state index contributed by atoms with van der Waals surface area (Å²) in [5.74, 6) is -0.771. The molecular formula is C11H17NO3S. The third-order valence-corrected chi connectivity index (χ3v) is 2.47. The first-order valence-corrected chi connectivity index (χ1v) is 4.90. The number of hydrogen-bond acceptors (Lipinski definition) is 3. The second-order valence-electron chi connectivity index (χ2n) is 4.48. The van der Waals surface area contributed by atoms with Crippen molar-refractivity contribution in [3.05, 3.63) is 12.2 Å². The zero-order valence-electron chi connectivity index (χ0n) is 9.69. The summed E-state index contributed by atoms with van der Waals surface area (Å²) in [5.41, 5.74) is -0.613. The topological polar surface area (TPSA) is 54.5 Å². The van der Waals surface area contributed by atoms with Crippen LogP contribution in [0.4, 0.5) is 0 Å². The van der Waals surface area contributed by atoms with Crippen molar-refractivity contribution in [2.24, 2.45) is 5.92 Å². The van der Waals surface area contributed by atoms with Gasteiger partial charge in [-0.1, -0.05) is 6.92 Å². The van der Waals surface area contributed by atoms with Crippen molar-refractivity contribution in [3.63, 3.8) is 0 Å². The van der Waals surface area contributed by atoms with Crippen molar-refractivity contribution in [1.29, 1.82) is 0 Å². The van der Waals surface area contributed by atoms with E-state index < -0.39 is 5.54 Å². The average molecular weight is 243 g/mol. The molecule has 2 amide bonds. The van der Waals surface area contributed by atoms with Crippen LogP contribution < -0.4 is 0 Å². The van der Waals surface area contributed by atoms with Gasteiger partial charge in [0.15, 0.2) is 0 Å². The minimum absolute atomic E-state index is 0. The number of carbonyl (C=O) groups is 3. The van der Waals surface area contributed by atoms with E-state index >= 15 is 0 Å². The summed E-state index contributed by atoms with van der Waals surface area (Å²) in [5, 5.41) is 0. The highest BCUT2D eigenvalue weighted by molar-refractivity contribution is 7.59. The first kappa shape index (κ1) is 14.9. The maximum atomic E-state index is 11.4. The smallest absolute Gasteiger partial charge is 0.254 e. The molecule has 0 radical (unpaired) electrons. The van der Waals surface area contributed by atoms with E-state index in [1.165, 1.54) is 17.1 Å². The van der Waals surface area contributed by atoms with Crippen LogP contribution in [0.25, 0.3) is 0 Å². The first-order chi connectivity index (χ1) is 6.88. The number of aldehydes is 1. The lowest BCUT2D eigenvalue weighted by molar-refractivity contribution is -0.143. The lowest BCUT2D eigenvalue weighted by atomic mass is 9.91. The van der Waals surface area contributed by atoms with Gasteiger partial charge in [-0.2, -0.15) is 13.5 Å². The fourth-order valence-electron chi connectivity index (χ4n) is 1.92. The summed E-state index contributed by atoms with van der Waals surface area (Å²) >= 11 is 0. The fourth-order valence-corrected chi connectivity index (χ4v) is 1.92. The maximum Gasteiger partial charge on any atom is 0.254 e. The molecule has 0 saturated carbocycles. The van der Waals surface area contributed by atoms with Crippen LogP contribution in [0.1, 0.15) is 27.2 Å². The van der Waals surface area contributed by atoms with Crippen LogP contribution in [0.2, 0.25) is 0 Å². The molecule has 0 bridgehead atoms. The number of hydrogen-bond donors (Lipinski definition) is 0. The molecule has 0 N–H and O–H groups in total. The van der Waals surface area contributed by atoms with Crippen LogP contribution in [-0.4, -0.2) is 28.5 Å². The van der Waals surface area contributed by atoms with E-state index in [1.54, 1.807) is 20.8 Å². The number of nitrogens with zero attached hydrogens (tertiary/aromatic N) is 1. The van der Waals surface area contributed by atoms with E-state index in [0.717, 1.165) is 6.29 Å². The lowest BCUT2D eigenvalue weighted by Crippen LogP contribution is -2.48.